The number of nitrogens with zero attached hydrogens (tertiary/aromatic N) is 1. The van der Waals surface area contributed by atoms with Gasteiger partial charge in [0.05, 0.1) is 0 Å². The zero-order valence-electron chi connectivity index (χ0n) is 12.8. The van der Waals surface area contributed by atoms with Gasteiger partial charge in [0.2, 0.25) is 0 Å². The topological polar surface area (TPSA) is 51.1 Å². The van der Waals surface area contributed by atoms with Crippen molar-refractivity contribution in [3.05, 3.63) is 64.1 Å². The van der Waals surface area contributed by atoms with Gasteiger partial charge < -0.3 is 9.88 Å². The fourth-order valence-electron chi connectivity index (χ4n) is 2.13. The molecule has 0 saturated carbocycles. The number of aryl methyl sites for hydroxylation is 1. The molecule has 1 heterocycles. The van der Waals surface area contributed by atoms with Crippen molar-refractivity contribution < 1.29 is 4.79 Å². The Balaban J connectivity index is 2.32. The summed E-state index contributed by atoms with van der Waals surface area (Å²) in [5.74, 6) is -0.274. The molecule has 2 aromatic rings. The van der Waals surface area contributed by atoms with Gasteiger partial charge in [-0.25, -0.2) is 0 Å². The van der Waals surface area contributed by atoms with Gasteiger partial charge in [0.25, 0.3) is 11.5 Å². The van der Waals surface area contributed by atoms with E-state index in [4.69, 9.17) is 0 Å². The number of pyridine rings is 1. The molecular formula is C17H20N2O2. The summed E-state index contributed by atoms with van der Waals surface area (Å²) in [5.41, 5.74) is 1.92. The number of aromatic nitrogens is 1. The molecule has 0 aliphatic carbocycles. The van der Waals surface area contributed by atoms with Gasteiger partial charge in [-0.2, -0.15) is 0 Å². The van der Waals surface area contributed by atoms with Crippen molar-refractivity contribution >= 4 is 11.6 Å². The highest BCUT2D eigenvalue weighted by Crippen LogP contribution is 2.29. The molecular weight excluding hydrogens is 264 g/mol. The number of benzene rings is 1. The highest BCUT2D eigenvalue weighted by Gasteiger charge is 2.19. The molecule has 21 heavy (non-hydrogen) atoms. The minimum atomic E-state index is -0.274. The van der Waals surface area contributed by atoms with Crippen molar-refractivity contribution in [1.82, 2.24) is 4.57 Å². The summed E-state index contributed by atoms with van der Waals surface area (Å²) in [4.78, 5) is 23.9. The van der Waals surface area contributed by atoms with Crippen molar-refractivity contribution in [2.75, 3.05) is 5.32 Å². The number of rotatable bonds is 2. The van der Waals surface area contributed by atoms with E-state index in [0.717, 1.165) is 11.3 Å². The molecule has 2 rings (SSSR count). The molecule has 0 bridgehead atoms. The van der Waals surface area contributed by atoms with Crippen LogP contribution >= 0.6 is 0 Å². The van der Waals surface area contributed by atoms with Crippen LogP contribution in [0.15, 0.2) is 47.4 Å². The Morgan fingerprint density at radius 1 is 1.14 bits per heavy atom. The van der Waals surface area contributed by atoms with Crippen LogP contribution in [0.3, 0.4) is 0 Å². The Kier molecular flexibility index (Phi) is 3.98. The molecule has 0 aliphatic heterocycles. The summed E-state index contributed by atoms with van der Waals surface area (Å²) in [5, 5.41) is 2.89. The van der Waals surface area contributed by atoms with E-state index in [2.05, 4.69) is 26.1 Å². The van der Waals surface area contributed by atoms with E-state index >= 15 is 0 Å². The fourth-order valence-corrected chi connectivity index (χ4v) is 2.13. The lowest BCUT2D eigenvalue weighted by Gasteiger charge is -2.23. The molecule has 1 aromatic heterocycles. The van der Waals surface area contributed by atoms with Gasteiger partial charge in [-0.15, -0.1) is 0 Å². The van der Waals surface area contributed by atoms with E-state index in [0.29, 0.717) is 5.56 Å². The van der Waals surface area contributed by atoms with Gasteiger partial charge >= 0.3 is 0 Å². The minimum Gasteiger partial charge on any atom is -0.322 e. The number of para-hydroxylation sites is 1. The predicted octanol–water partition coefficient (Wildman–Crippen LogP) is 2.94. The second-order valence-electron chi connectivity index (χ2n) is 6.11. The summed E-state index contributed by atoms with van der Waals surface area (Å²) >= 11 is 0. The molecule has 1 amide bonds. The highest BCUT2D eigenvalue weighted by molar-refractivity contribution is 6.04. The van der Waals surface area contributed by atoms with Crippen molar-refractivity contribution in [2.45, 2.75) is 26.2 Å². The quantitative estimate of drug-likeness (QED) is 0.921. The number of carbonyl (C=O) groups is 1. The maximum atomic E-state index is 12.3. The van der Waals surface area contributed by atoms with Gasteiger partial charge in [-0.05, 0) is 23.1 Å². The second kappa shape index (κ2) is 5.56. The maximum absolute atomic E-state index is 12.3. The third kappa shape index (κ3) is 3.40. The number of carbonyl (C=O) groups excluding carboxylic acids is 1. The number of hydrogen-bond acceptors (Lipinski definition) is 2. The second-order valence-corrected chi connectivity index (χ2v) is 6.11. The summed E-state index contributed by atoms with van der Waals surface area (Å²) < 4.78 is 1.43. The van der Waals surface area contributed by atoms with Gasteiger partial charge in [0, 0.05) is 30.6 Å². The van der Waals surface area contributed by atoms with Gasteiger partial charge in [-0.1, -0.05) is 39.0 Å². The first-order valence-electron chi connectivity index (χ1n) is 6.86. The van der Waals surface area contributed by atoms with E-state index in [-0.39, 0.29) is 16.9 Å². The van der Waals surface area contributed by atoms with Crippen LogP contribution in [0.5, 0.6) is 0 Å². The van der Waals surface area contributed by atoms with Gasteiger partial charge in [0.1, 0.15) is 0 Å². The van der Waals surface area contributed by atoms with Crippen LogP contribution in [0.2, 0.25) is 0 Å². The normalized spacial score (nSPS) is 11.2. The molecule has 1 N–H and O–H groups in total. The van der Waals surface area contributed by atoms with E-state index < -0.39 is 0 Å². The lowest BCUT2D eigenvalue weighted by Crippen LogP contribution is -2.22. The summed E-state index contributed by atoms with van der Waals surface area (Å²) in [6, 6.07) is 10.7. The van der Waals surface area contributed by atoms with E-state index in [1.54, 1.807) is 19.3 Å². The zero-order valence-corrected chi connectivity index (χ0v) is 12.8. The Morgan fingerprint density at radius 2 is 1.81 bits per heavy atom. The Bertz CT molecular complexity index is 724. The molecule has 0 aliphatic rings. The molecule has 0 fully saturated rings. The molecule has 0 radical (unpaired) electrons. The van der Waals surface area contributed by atoms with Crippen LogP contribution in [0.25, 0.3) is 0 Å². The Morgan fingerprint density at radius 3 is 2.43 bits per heavy atom. The first kappa shape index (κ1) is 15.0. The molecule has 0 saturated heterocycles. The SMILES string of the molecule is Cn1ccc(C(=O)Nc2ccccc2C(C)(C)C)cc1=O. The summed E-state index contributed by atoms with van der Waals surface area (Å²) in [6.07, 6.45) is 1.59. The first-order chi connectivity index (χ1) is 9.79. The standard InChI is InChI=1S/C17H20N2O2/c1-17(2,3)13-7-5-6-8-14(13)18-16(21)12-9-10-19(4)15(20)11-12/h5-11H,1-4H3,(H,18,21). The monoisotopic (exact) mass is 284 g/mol. The molecule has 110 valence electrons. The third-order valence-electron chi connectivity index (χ3n) is 3.35. The molecule has 0 unspecified atom stereocenters. The number of anilines is 1. The lowest BCUT2D eigenvalue weighted by atomic mass is 9.86. The van der Waals surface area contributed by atoms with Crippen LogP contribution in [-0.2, 0) is 12.5 Å². The van der Waals surface area contributed by atoms with E-state index in [1.165, 1.54) is 10.6 Å². The minimum absolute atomic E-state index is 0.0727. The maximum Gasteiger partial charge on any atom is 0.255 e. The molecule has 4 heteroatoms. The largest absolute Gasteiger partial charge is 0.322 e. The lowest BCUT2D eigenvalue weighted by molar-refractivity contribution is 0.102. The average molecular weight is 284 g/mol. The summed E-state index contributed by atoms with van der Waals surface area (Å²) in [6.45, 7) is 6.28. The number of nitrogens with one attached hydrogen (secondary N) is 1. The molecule has 0 spiro atoms. The van der Waals surface area contributed by atoms with Crippen molar-refractivity contribution in [3.8, 4) is 0 Å². The Labute approximate surface area is 124 Å². The Hall–Kier alpha value is -2.36. The average Bonchev–Trinajstić information content (AvgIpc) is 2.41. The van der Waals surface area contributed by atoms with Crippen LogP contribution in [0.1, 0.15) is 36.7 Å². The highest BCUT2D eigenvalue weighted by atomic mass is 16.2. The van der Waals surface area contributed by atoms with Gasteiger partial charge in [0.15, 0.2) is 0 Å². The van der Waals surface area contributed by atoms with Crippen LogP contribution in [-0.4, -0.2) is 10.5 Å². The van der Waals surface area contributed by atoms with Crippen LogP contribution < -0.4 is 10.9 Å². The van der Waals surface area contributed by atoms with Gasteiger partial charge in [-0.3, -0.25) is 9.59 Å². The van der Waals surface area contributed by atoms with Crippen molar-refractivity contribution in [3.63, 3.8) is 0 Å². The molecule has 1 aromatic carbocycles. The van der Waals surface area contributed by atoms with E-state index in [9.17, 15) is 9.59 Å². The van der Waals surface area contributed by atoms with Crippen LogP contribution in [0, 0.1) is 0 Å². The van der Waals surface area contributed by atoms with E-state index in [1.807, 2.05) is 24.3 Å². The predicted molar refractivity (Wildman–Crippen MR) is 84.8 cm³/mol. The number of amides is 1. The number of hydrogen-bond donors (Lipinski definition) is 1. The van der Waals surface area contributed by atoms with Crippen molar-refractivity contribution in [2.24, 2.45) is 7.05 Å². The fraction of sp³-hybridized carbons (Fsp3) is 0.294. The zero-order chi connectivity index (χ0) is 15.6. The van der Waals surface area contributed by atoms with Crippen molar-refractivity contribution in [1.29, 1.82) is 0 Å². The van der Waals surface area contributed by atoms with Crippen LogP contribution in [0.4, 0.5) is 5.69 Å². The molecule has 0 atom stereocenters. The third-order valence-corrected chi connectivity index (χ3v) is 3.35. The smallest absolute Gasteiger partial charge is 0.255 e. The first-order valence-corrected chi connectivity index (χ1v) is 6.86. The summed E-state index contributed by atoms with van der Waals surface area (Å²) in [7, 11) is 1.65. The molecule has 4 nitrogen and oxygen atoms in total.